The highest BCUT2D eigenvalue weighted by molar-refractivity contribution is 6.57. The van der Waals surface area contributed by atoms with Crippen LogP contribution in [0.1, 0.15) is 19.8 Å². The van der Waals surface area contributed by atoms with Gasteiger partial charge in [-0.05, 0) is 12.8 Å². The fraction of sp³-hybridized carbons (Fsp3) is 0.800. The largest absolute Gasteiger partial charge is 0.322 e. The first kappa shape index (κ1) is 13.4. The Balaban J connectivity index is 2.34. The lowest BCUT2D eigenvalue weighted by Gasteiger charge is -2.53. The average Bonchev–Trinajstić information content (AvgIpc) is 2.23. The summed E-state index contributed by atoms with van der Waals surface area (Å²) in [6, 6.07) is 0. The molecule has 3 aliphatic rings. The standard InChI is InChI=1S/C10H13Cl3N2O2/c1-6(16)14-10(12,13)9(11)8(17)7-2-4-15(9)5-3-7/h7H,2-5H2,1H3,(H,14,16). The summed E-state index contributed by atoms with van der Waals surface area (Å²) in [7, 11) is 0. The summed E-state index contributed by atoms with van der Waals surface area (Å²) in [5.74, 6) is -0.732. The van der Waals surface area contributed by atoms with E-state index in [1.807, 2.05) is 0 Å². The number of rotatable bonds is 2. The van der Waals surface area contributed by atoms with E-state index in [0.717, 1.165) is 12.8 Å². The van der Waals surface area contributed by atoms with Gasteiger partial charge in [0.15, 0.2) is 5.78 Å². The zero-order valence-corrected chi connectivity index (χ0v) is 11.6. The van der Waals surface area contributed by atoms with Crippen LogP contribution in [0.4, 0.5) is 0 Å². The van der Waals surface area contributed by atoms with Crippen LogP contribution >= 0.6 is 34.8 Å². The van der Waals surface area contributed by atoms with E-state index in [1.54, 1.807) is 4.90 Å². The monoisotopic (exact) mass is 298 g/mol. The molecule has 0 spiro atoms. The Morgan fingerprint density at radius 3 is 2.41 bits per heavy atom. The van der Waals surface area contributed by atoms with E-state index in [2.05, 4.69) is 5.32 Å². The summed E-state index contributed by atoms with van der Waals surface area (Å²) < 4.78 is -1.81. The van der Waals surface area contributed by atoms with Gasteiger partial charge < -0.3 is 5.32 Å². The predicted molar refractivity (Wildman–Crippen MR) is 66.1 cm³/mol. The Hall–Kier alpha value is -0.0300. The minimum atomic E-state index is -1.81. The van der Waals surface area contributed by atoms with Crippen molar-refractivity contribution in [3.05, 3.63) is 0 Å². The number of nitrogens with one attached hydrogen (secondary N) is 1. The molecule has 0 aromatic heterocycles. The predicted octanol–water partition coefficient (Wildman–Crippen LogP) is 1.48. The van der Waals surface area contributed by atoms with Crippen LogP contribution in [-0.2, 0) is 9.59 Å². The summed E-state index contributed by atoms with van der Waals surface area (Å²) in [5, 5.41) is 2.34. The van der Waals surface area contributed by atoms with E-state index >= 15 is 0 Å². The molecule has 0 aromatic rings. The molecule has 17 heavy (non-hydrogen) atoms. The van der Waals surface area contributed by atoms with Crippen molar-refractivity contribution in [2.24, 2.45) is 5.92 Å². The van der Waals surface area contributed by atoms with Crippen LogP contribution in [-0.4, -0.2) is 39.1 Å². The second-order valence-electron chi connectivity index (χ2n) is 4.50. The van der Waals surface area contributed by atoms with Gasteiger partial charge in [0.1, 0.15) is 0 Å². The van der Waals surface area contributed by atoms with E-state index in [4.69, 9.17) is 34.8 Å². The Kier molecular flexibility index (Phi) is 3.36. The second kappa shape index (κ2) is 4.26. The topological polar surface area (TPSA) is 49.4 Å². The molecular weight excluding hydrogens is 286 g/mol. The summed E-state index contributed by atoms with van der Waals surface area (Å²) in [6.07, 6.45) is 1.55. The van der Waals surface area contributed by atoms with Crippen LogP contribution in [0.2, 0.25) is 0 Å². The van der Waals surface area contributed by atoms with Crippen molar-refractivity contribution in [2.45, 2.75) is 29.2 Å². The third-order valence-corrected chi connectivity index (χ3v) is 5.02. The number of carbonyl (C=O) groups is 2. The van der Waals surface area contributed by atoms with Gasteiger partial charge in [0.2, 0.25) is 15.4 Å². The highest BCUT2D eigenvalue weighted by Crippen LogP contribution is 2.48. The Bertz CT molecular complexity index is 367. The van der Waals surface area contributed by atoms with E-state index in [1.165, 1.54) is 6.92 Å². The summed E-state index contributed by atoms with van der Waals surface area (Å²) in [6.45, 7) is 2.61. The number of fused-ring (bicyclic) bond motifs is 3. The van der Waals surface area contributed by atoms with E-state index in [9.17, 15) is 9.59 Å². The maximum atomic E-state index is 12.2. The SMILES string of the molecule is CC(=O)NC(Cl)(Cl)C1(Cl)C(=O)C2CCN1CC2. The lowest BCUT2D eigenvalue weighted by atomic mass is 9.81. The van der Waals surface area contributed by atoms with Crippen LogP contribution in [0.3, 0.4) is 0 Å². The molecule has 1 unspecified atom stereocenters. The van der Waals surface area contributed by atoms with Crippen LogP contribution in [0.5, 0.6) is 0 Å². The minimum Gasteiger partial charge on any atom is -0.322 e. The molecule has 4 nitrogen and oxygen atoms in total. The number of halogens is 3. The molecule has 1 N–H and O–H groups in total. The third kappa shape index (κ3) is 1.95. The van der Waals surface area contributed by atoms with Crippen LogP contribution in [0.15, 0.2) is 0 Å². The van der Waals surface area contributed by atoms with Crippen molar-refractivity contribution in [1.29, 1.82) is 0 Å². The molecular formula is C10H13Cl3N2O2. The molecule has 0 aromatic carbocycles. The fourth-order valence-electron chi connectivity index (χ4n) is 2.53. The molecule has 0 aliphatic carbocycles. The van der Waals surface area contributed by atoms with Gasteiger partial charge in [-0.1, -0.05) is 34.8 Å². The summed E-state index contributed by atoms with van der Waals surface area (Å²) in [4.78, 5) is 23.5. The molecule has 2 bridgehead atoms. The first-order valence-electron chi connectivity index (χ1n) is 5.44. The molecule has 1 amide bonds. The van der Waals surface area contributed by atoms with Crippen molar-refractivity contribution >= 4 is 46.5 Å². The Morgan fingerprint density at radius 1 is 1.47 bits per heavy atom. The number of carbonyl (C=O) groups excluding carboxylic acids is 2. The van der Waals surface area contributed by atoms with Crippen molar-refractivity contribution in [3.8, 4) is 0 Å². The Labute approximate surface area is 115 Å². The van der Waals surface area contributed by atoms with Crippen molar-refractivity contribution in [2.75, 3.05) is 13.1 Å². The van der Waals surface area contributed by atoms with Crippen LogP contribution in [0, 0.1) is 5.92 Å². The zero-order chi connectivity index (χ0) is 12.8. The molecule has 3 fully saturated rings. The third-order valence-electron chi connectivity index (χ3n) is 3.38. The molecule has 96 valence electrons. The van der Waals surface area contributed by atoms with E-state index in [-0.39, 0.29) is 11.7 Å². The van der Waals surface area contributed by atoms with Crippen molar-refractivity contribution in [3.63, 3.8) is 0 Å². The van der Waals surface area contributed by atoms with Gasteiger partial charge in [-0.25, -0.2) is 0 Å². The van der Waals surface area contributed by atoms with Gasteiger partial charge in [-0.3, -0.25) is 14.5 Å². The number of Topliss-reactive ketones (excluding diaryl/α,β-unsaturated/α-hetero) is 1. The van der Waals surface area contributed by atoms with Crippen molar-refractivity contribution in [1.82, 2.24) is 10.2 Å². The fourth-order valence-corrected chi connectivity index (χ4v) is 3.60. The number of piperidine rings is 3. The minimum absolute atomic E-state index is 0.108. The Morgan fingerprint density at radius 2 is 2.00 bits per heavy atom. The van der Waals surface area contributed by atoms with Gasteiger partial charge in [-0.15, -0.1) is 0 Å². The lowest BCUT2D eigenvalue weighted by molar-refractivity contribution is -0.142. The molecule has 3 aliphatic heterocycles. The molecule has 0 saturated carbocycles. The number of alkyl halides is 3. The zero-order valence-electron chi connectivity index (χ0n) is 9.30. The first-order valence-corrected chi connectivity index (χ1v) is 6.57. The number of nitrogens with zero attached hydrogens (tertiary/aromatic N) is 1. The molecule has 3 saturated heterocycles. The van der Waals surface area contributed by atoms with Gasteiger partial charge in [0, 0.05) is 25.9 Å². The maximum absolute atomic E-state index is 12.2. The number of amides is 1. The average molecular weight is 300 g/mol. The molecule has 3 heterocycles. The molecule has 7 heteroatoms. The van der Waals surface area contributed by atoms with Gasteiger partial charge in [0.25, 0.3) is 0 Å². The second-order valence-corrected chi connectivity index (χ2v) is 6.38. The lowest BCUT2D eigenvalue weighted by Crippen LogP contribution is -2.72. The molecule has 3 rings (SSSR count). The highest BCUT2D eigenvalue weighted by Gasteiger charge is 2.63. The van der Waals surface area contributed by atoms with Gasteiger partial charge in [-0.2, -0.15) is 0 Å². The van der Waals surface area contributed by atoms with E-state index in [0.29, 0.717) is 13.1 Å². The maximum Gasteiger partial charge on any atom is 0.230 e. The van der Waals surface area contributed by atoms with Crippen molar-refractivity contribution < 1.29 is 9.59 Å². The van der Waals surface area contributed by atoms with E-state index < -0.39 is 15.4 Å². The number of ketones is 1. The first-order chi connectivity index (χ1) is 7.79. The van der Waals surface area contributed by atoms with Crippen LogP contribution < -0.4 is 5.32 Å². The number of hydrogen-bond donors (Lipinski definition) is 1. The van der Waals surface area contributed by atoms with Gasteiger partial charge in [0.05, 0.1) is 0 Å². The molecule has 0 radical (unpaired) electrons. The number of hydrogen-bond acceptors (Lipinski definition) is 3. The van der Waals surface area contributed by atoms with Crippen LogP contribution in [0.25, 0.3) is 0 Å². The normalized spacial score (nSPS) is 37.1. The summed E-state index contributed by atoms with van der Waals surface area (Å²) >= 11 is 18.5. The smallest absolute Gasteiger partial charge is 0.230 e. The highest BCUT2D eigenvalue weighted by atomic mass is 35.5. The molecule has 1 atom stereocenters. The van der Waals surface area contributed by atoms with Gasteiger partial charge >= 0.3 is 0 Å². The quantitative estimate of drug-likeness (QED) is 0.621. The summed E-state index contributed by atoms with van der Waals surface area (Å²) in [5.41, 5.74) is 0.